The molecular weight excluding hydrogens is 321 g/mol. The van der Waals surface area contributed by atoms with E-state index in [0.29, 0.717) is 21.7 Å². The van der Waals surface area contributed by atoms with Crippen LogP contribution in [0.5, 0.6) is 0 Å². The van der Waals surface area contributed by atoms with Crippen LogP contribution in [0.4, 0.5) is 17.5 Å². The van der Waals surface area contributed by atoms with Gasteiger partial charge >= 0.3 is 0 Å². The lowest BCUT2D eigenvalue weighted by molar-refractivity contribution is 0.436. The molecule has 1 aromatic heterocycles. The Morgan fingerprint density at radius 2 is 2.00 bits per heavy atom. The molecule has 1 fully saturated rings. The van der Waals surface area contributed by atoms with Crippen molar-refractivity contribution >= 4 is 40.7 Å². The first-order chi connectivity index (χ1) is 10.6. The number of anilines is 3. The molecule has 2 aromatic rings. The van der Waals surface area contributed by atoms with Crippen LogP contribution in [0.15, 0.2) is 24.4 Å². The maximum Gasteiger partial charge on any atom is 0.249 e. The monoisotopic (exact) mass is 337 g/mol. The largest absolute Gasteiger partial charge is 0.355 e. The van der Waals surface area contributed by atoms with Crippen LogP contribution in [0.2, 0.25) is 10.0 Å². The van der Waals surface area contributed by atoms with Gasteiger partial charge in [-0.25, -0.2) is 0 Å². The summed E-state index contributed by atoms with van der Waals surface area (Å²) in [7, 11) is 0. The molecule has 7 heteroatoms. The van der Waals surface area contributed by atoms with E-state index in [1.807, 2.05) is 0 Å². The molecule has 1 aliphatic rings. The number of hydrogen-bond donors (Lipinski definition) is 1. The molecule has 22 heavy (non-hydrogen) atoms. The summed E-state index contributed by atoms with van der Waals surface area (Å²) < 4.78 is 0. The number of nitrogens with one attached hydrogen (secondary N) is 1. The molecule has 3 rings (SSSR count). The SMILES string of the molecule is CC1CCN(c2cnnc(Nc3cc(Cl)ccc3Cl)n2)CC1. The van der Waals surface area contributed by atoms with Crippen molar-refractivity contribution in [2.24, 2.45) is 5.92 Å². The summed E-state index contributed by atoms with van der Waals surface area (Å²) in [5.74, 6) is 2.02. The van der Waals surface area contributed by atoms with Gasteiger partial charge in [0.1, 0.15) is 0 Å². The third-order valence-corrected chi connectivity index (χ3v) is 4.39. The average molecular weight is 338 g/mol. The lowest BCUT2D eigenvalue weighted by atomic mass is 9.99. The maximum absolute atomic E-state index is 6.14. The third kappa shape index (κ3) is 3.59. The second-order valence-electron chi connectivity index (χ2n) is 5.56. The Hall–Kier alpha value is -1.59. The lowest BCUT2D eigenvalue weighted by Gasteiger charge is -2.30. The summed E-state index contributed by atoms with van der Waals surface area (Å²) in [4.78, 5) is 6.76. The standard InChI is InChI=1S/C15H17Cl2N5/c1-10-4-6-22(7-5-10)14-9-18-21-15(20-14)19-13-8-11(16)2-3-12(13)17/h2-3,8-10H,4-7H2,1H3,(H,19,20,21). The summed E-state index contributed by atoms with van der Waals surface area (Å²) >= 11 is 12.1. The molecule has 0 unspecified atom stereocenters. The van der Waals surface area contributed by atoms with Crippen LogP contribution >= 0.6 is 23.2 Å². The average Bonchev–Trinajstić information content (AvgIpc) is 2.52. The van der Waals surface area contributed by atoms with E-state index in [2.05, 4.69) is 32.3 Å². The maximum atomic E-state index is 6.14. The second kappa shape index (κ2) is 6.67. The molecule has 1 N–H and O–H groups in total. The van der Waals surface area contributed by atoms with Crippen LogP contribution in [0.1, 0.15) is 19.8 Å². The second-order valence-corrected chi connectivity index (χ2v) is 6.40. The van der Waals surface area contributed by atoms with Crippen LogP contribution in [-0.4, -0.2) is 28.3 Å². The molecule has 2 heterocycles. The fourth-order valence-electron chi connectivity index (χ4n) is 2.45. The normalized spacial score (nSPS) is 15.9. The van der Waals surface area contributed by atoms with Crippen molar-refractivity contribution < 1.29 is 0 Å². The molecule has 0 saturated carbocycles. The fourth-order valence-corrected chi connectivity index (χ4v) is 2.79. The zero-order valence-corrected chi connectivity index (χ0v) is 13.8. The quantitative estimate of drug-likeness (QED) is 0.911. The zero-order valence-electron chi connectivity index (χ0n) is 12.3. The van der Waals surface area contributed by atoms with E-state index in [4.69, 9.17) is 23.2 Å². The van der Waals surface area contributed by atoms with Gasteiger partial charge in [-0.2, -0.15) is 10.1 Å². The molecule has 1 aromatic carbocycles. The molecular formula is C15H17Cl2N5. The van der Waals surface area contributed by atoms with E-state index in [1.165, 1.54) is 12.8 Å². The molecule has 5 nitrogen and oxygen atoms in total. The molecule has 0 atom stereocenters. The van der Waals surface area contributed by atoms with Crippen LogP contribution in [0, 0.1) is 5.92 Å². The molecule has 0 amide bonds. The summed E-state index contributed by atoms with van der Waals surface area (Å²) in [6.07, 6.45) is 4.04. The van der Waals surface area contributed by atoms with Crippen molar-refractivity contribution in [1.29, 1.82) is 0 Å². The molecule has 0 bridgehead atoms. The minimum absolute atomic E-state index is 0.417. The number of nitrogens with zero attached hydrogens (tertiary/aromatic N) is 4. The Morgan fingerprint density at radius 1 is 1.23 bits per heavy atom. The van der Waals surface area contributed by atoms with Crippen molar-refractivity contribution in [1.82, 2.24) is 15.2 Å². The van der Waals surface area contributed by atoms with E-state index in [-0.39, 0.29) is 0 Å². The van der Waals surface area contributed by atoms with Gasteiger partial charge in [0.2, 0.25) is 5.95 Å². The predicted molar refractivity (Wildman–Crippen MR) is 90.2 cm³/mol. The van der Waals surface area contributed by atoms with Gasteiger partial charge in [0.05, 0.1) is 16.9 Å². The van der Waals surface area contributed by atoms with E-state index < -0.39 is 0 Å². The first-order valence-corrected chi connectivity index (χ1v) is 8.04. The minimum atomic E-state index is 0.417. The number of rotatable bonds is 3. The highest BCUT2D eigenvalue weighted by atomic mass is 35.5. The van der Waals surface area contributed by atoms with E-state index in [0.717, 1.165) is 24.8 Å². The molecule has 116 valence electrons. The van der Waals surface area contributed by atoms with Crippen LogP contribution in [0.25, 0.3) is 0 Å². The molecule has 0 radical (unpaired) electrons. The highest BCUT2D eigenvalue weighted by Gasteiger charge is 2.18. The van der Waals surface area contributed by atoms with Crippen LogP contribution < -0.4 is 10.2 Å². The van der Waals surface area contributed by atoms with Gasteiger partial charge in [-0.1, -0.05) is 30.1 Å². The van der Waals surface area contributed by atoms with Gasteiger partial charge in [-0.15, -0.1) is 5.10 Å². The minimum Gasteiger partial charge on any atom is -0.355 e. The van der Waals surface area contributed by atoms with Crippen molar-refractivity contribution in [3.8, 4) is 0 Å². The van der Waals surface area contributed by atoms with Gasteiger partial charge in [-0.05, 0) is 37.0 Å². The number of hydrogen-bond acceptors (Lipinski definition) is 5. The number of benzene rings is 1. The summed E-state index contributed by atoms with van der Waals surface area (Å²) in [6, 6.07) is 5.21. The van der Waals surface area contributed by atoms with E-state index in [9.17, 15) is 0 Å². The number of aromatic nitrogens is 3. The Bertz CT molecular complexity index is 656. The highest BCUT2D eigenvalue weighted by molar-refractivity contribution is 6.35. The van der Waals surface area contributed by atoms with Crippen LogP contribution in [0.3, 0.4) is 0 Å². The number of piperidine rings is 1. The summed E-state index contributed by atoms with van der Waals surface area (Å²) in [6.45, 7) is 4.28. The Labute approximate surface area is 139 Å². The van der Waals surface area contributed by atoms with Crippen molar-refractivity contribution in [2.45, 2.75) is 19.8 Å². The first-order valence-electron chi connectivity index (χ1n) is 7.28. The highest BCUT2D eigenvalue weighted by Crippen LogP contribution is 2.28. The van der Waals surface area contributed by atoms with Crippen molar-refractivity contribution in [3.05, 3.63) is 34.4 Å². The Kier molecular flexibility index (Phi) is 4.64. The van der Waals surface area contributed by atoms with Gasteiger partial charge in [0, 0.05) is 18.1 Å². The Morgan fingerprint density at radius 3 is 2.77 bits per heavy atom. The van der Waals surface area contributed by atoms with E-state index >= 15 is 0 Å². The smallest absolute Gasteiger partial charge is 0.249 e. The fraction of sp³-hybridized carbons (Fsp3) is 0.400. The molecule has 1 saturated heterocycles. The van der Waals surface area contributed by atoms with E-state index in [1.54, 1.807) is 24.4 Å². The topological polar surface area (TPSA) is 53.9 Å². The summed E-state index contributed by atoms with van der Waals surface area (Å²) in [5, 5.41) is 12.3. The third-order valence-electron chi connectivity index (χ3n) is 3.83. The van der Waals surface area contributed by atoms with Gasteiger partial charge < -0.3 is 10.2 Å². The summed E-state index contributed by atoms with van der Waals surface area (Å²) in [5.41, 5.74) is 0.667. The zero-order chi connectivity index (χ0) is 15.5. The van der Waals surface area contributed by atoms with Crippen LogP contribution in [-0.2, 0) is 0 Å². The molecule has 1 aliphatic heterocycles. The predicted octanol–water partition coefficient (Wildman–Crippen LogP) is 4.16. The number of halogens is 2. The molecule has 0 spiro atoms. The van der Waals surface area contributed by atoms with Crippen molar-refractivity contribution in [2.75, 3.05) is 23.3 Å². The van der Waals surface area contributed by atoms with Crippen molar-refractivity contribution in [3.63, 3.8) is 0 Å². The van der Waals surface area contributed by atoms with Gasteiger partial charge in [0.15, 0.2) is 5.82 Å². The first kappa shape index (κ1) is 15.3. The van der Waals surface area contributed by atoms with Gasteiger partial charge in [0.25, 0.3) is 0 Å². The lowest BCUT2D eigenvalue weighted by Crippen LogP contribution is -2.33. The van der Waals surface area contributed by atoms with Gasteiger partial charge in [-0.3, -0.25) is 0 Å². The molecule has 0 aliphatic carbocycles. The Balaban J connectivity index is 1.78.